The van der Waals surface area contributed by atoms with Gasteiger partial charge in [-0.05, 0) is 38.2 Å². The van der Waals surface area contributed by atoms with E-state index in [1.54, 1.807) is 6.08 Å². The van der Waals surface area contributed by atoms with Gasteiger partial charge in [-0.15, -0.1) is 0 Å². The molecule has 0 bridgehead atoms. The Bertz CT molecular complexity index is 774. The van der Waals surface area contributed by atoms with Gasteiger partial charge in [0.15, 0.2) is 11.9 Å². The zero-order valence-electron chi connectivity index (χ0n) is 30.8. The van der Waals surface area contributed by atoms with E-state index in [1.165, 1.54) is 109 Å². The molecule has 47 heavy (non-hydrogen) atoms. The molecule has 0 heterocycles. The predicted octanol–water partition coefficient (Wildman–Crippen LogP) is 11.5. The van der Waals surface area contributed by atoms with Crippen LogP contribution in [0.1, 0.15) is 200 Å². The van der Waals surface area contributed by atoms with Crippen molar-refractivity contribution in [2.24, 2.45) is 0 Å². The van der Waals surface area contributed by atoms with Crippen LogP contribution < -0.4 is 0 Å². The fraction of sp³-hybridized carbons (Fsp3) is 0.829. The third kappa shape index (κ3) is 35.2. The average molecular weight is 663 g/mol. The molecule has 0 saturated carbocycles. The van der Waals surface area contributed by atoms with Crippen LogP contribution in [0, 0.1) is 0 Å². The Morgan fingerprint density at radius 3 is 1.45 bits per heavy atom. The number of esters is 2. The summed E-state index contributed by atoms with van der Waals surface area (Å²) in [5.41, 5.74) is 0. The van der Waals surface area contributed by atoms with Crippen molar-refractivity contribution in [3.05, 3.63) is 24.3 Å². The number of aliphatic hydroxyl groups excluding tert-OH is 1. The van der Waals surface area contributed by atoms with Crippen LogP contribution in [0.4, 0.5) is 0 Å². The minimum absolute atomic E-state index is 0.100. The Labute approximate surface area is 289 Å². The second-order valence-corrected chi connectivity index (χ2v) is 13.4. The molecule has 0 amide bonds. The third-order valence-corrected chi connectivity index (χ3v) is 8.72. The van der Waals surface area contributed by atoms with Crippen LogP contribution in [-0.2, 0) is 23.9 Å². The summed E-state index contributed by atoms with van der Waals surface area (Å²) in [5, 5.41) is 9.54. The van der Waals surface area contributed by atoms with Crippen LogP contribution in [0.2, 0.25) is 0 Å². The Hall–Kier alpha value is -1.95. The van der Waals surface area contributed by atoms with Crippen LogP contribution in [0.5, 0.6) is 0 Å². The van der Waals surface area contributed by atoms with Crippen LogP contribution >= 0.6 is 0 Å². The monoisotopic (exact) mass is 663 g/mol. The van der Waals surface area contributed by atoms with Crippen LogP contribution in [-0.4, -0.2) is 42.1 Å². The van der Waals surface area contributed by atoms with E-state index in [0.29, 0.717) is 19.3 Å². The van der Waals surface area contributed by atoms with Crippen molar-refractivity contribution in [1.29, 1.82) is 0 Å². The lowest BCUT2D eigenvalue weighted by Gasteiger charge is -2.15. The molecule has 274 valence electrons. The van der Waals surface area contributed by atoms with Gasteiger partial charge < -0.3 is 14.6 Å². The number of rotatable bonds is 36. The molecule has 0 aromatic heterocycles. The first-order chi connectivity index (χ1) is 23.0. The van der Waals surface area contributed by atoms with Gasteiger partial charge in [0, 0.05) is 19.3 Å². The zero-order valence-corrected chi connectivity index (χ0v) is 30.8. The predicted molar refractivity (Wildman–Crippen MR) is 196 cm³/mol. The zero-order chi connectivity index (χ0) is 34.5. The van der Waals surface area contributed by atoms with E-state index in [2.05, 4.69) is 19.9 Å². The maximum absolute atomic E-state index is 12.1. The molecular formula is C41H74O6. The molecule has 1 atom stereocenters. The quantitative estimate of drug-likeness (QED) is 0.0311. The summed E-state index contributed by atoms with van der Waals surface area (Å²) >= 11 is 0. The van der Waals surface area contributed by atoms with E-state index >= 15 is 0 Å². The number of hydrogen-bond donors (Lipinski definition) is 1. The molecule has 0 aromatic carbocycles. The van der Waals surface area contributed by atoms with Crippen molar-refractivity contribution in [3.8, 4) is 0 Å². The molecule has 0 aliphatic rings. The van der Waals surface area contributed by atoms with Gasteiger partial charge in [-0.3, -0.25) is 14.4 Å². The van der Waals surface area contributed by atoms with Crippen LogP contribution in [0.25, 0.3) is 0 Å². The van der Waals surface area contributed by atoms with Gasteiger partial charge in [0.1, 0.15) is 6.61 Å². The van der Waals surface area contributed by atoms with E-state index < -0.39 is 6.10 Å². The van der Waals surface area contributed by atoms with Crippen molar-refractivity contribution in [3.63, 3.8) is 0 Å². The first-order valence-corrected chi connectivity index (χ1v) is 19.8. The second kappa shape index (κ2) is 36.9. The van der Waals surface area contributed by atoms with E-state index in [0.717, 1.165) is 51.4 Å². The number of allylic oxidation sites excluding steroid dienone is 4. The lowest BCUT2D eigenvalue weighted by molar-refractivity contribution is -0.161. The highest BCUT2D eigenvalue weighted by atomic mass is 16.6. The van der Waals surface area contributed by atoms with Gasteiger partial charge in [-0.25, -0.2) is 0 Å². The maximum atomic E-state index is 12.1. The summed E-state index contributed by atoms with van der Waals surface area (Å²) in [6.45, 7) is 4.00. The fourth-order valence-electron chi connectivity index (χ4n) is 5.65. The van der Waals surface area contributed by atoms with Crippen LogP contribution in [0.3, 0.4) is 0 Å². The van der Waals surface area contributed by atoms with Gasteiger partial charge in [0.25, 0.3) is 0 Å². The Morgan fingerprint density at radius 2 is 0.957 bits per heavy atom. The summed E-state index contributed by atoms with van der Waals surface area (Å²) in [6.07, 6.45) is 39.1. The Balaban J connectivity index is 3.61. The number of unbranched alkanes of at least 4 members (excludes halogenated alkanes) is 23. The number of ether oxygens (including phenoxy) is 2. The normalized spacial score (nSPS) is 12.2. The van der Waals surface area contributed by atoms with Gasteiger partial charge >= 0.3 is 11.9 Å². The fourth-order valence-corrected chi connectivity index (χ4v) is 5.65. The SMILES string of the molecule is CCCCC/C=C\C=C\C(=O)CCCCCCCC(=O)O[C@@H](CO)COC(=O)CCCCCCCCCCCCCCCCCCC. The molecule has 0 fully saturated rings. The molecule has 0 unspecified atom stereocenters. The molecule has 0 saturated heterocycles. The van der Waals surface area contributed by atoms with Gasteiger partial charge in [-0.2, -0.15) is 0 Å². The molecule has 1 N–H and O–H groups in total. The average Bonchev–Trinajstić information content (AvgIpc) is 3.07. The van der Waals surface area contributed by atoms with Gasteiger partial charge in [0.05, 0.1) is 6.61 Å². The summed E-state index contributed by atoms with van der Waals surface area (Å²) in [6, 6.07) is 0. The molecule has 0 rings (SSSR count). The van der Waals surface area contributed by atoms with Gasteiger partial charge in [0.2, 0.25) is 0 Å². The largest absolute Gasteiger partial charge is 0.462 e. The number of carbonyl (C=O) groups is 3. The highest BCUT2D eigenvalue weighted by Gasteiger charge is 2.16. The standard InChI is InChI=1S/C41H74O6/c1-3-5-7-9-11-12-13-14-15-16-17-18-19-20-22-26-30-34-40(44)46-37-39(36-42)47-41(45)35-31-27-23-25-29-33-38(43)32-28-24-21-10-8-6-4-2/h21,24,28,32,39,42H,3-20,22-23,25-27,29-31,33-37H2,1-2H3/b24-21-,32-28+/t39-/m0/s1. The topological polar surface area (TPSA) is 89.9 Å². The van der Waals surface area contributed by atoms with Crippen molar-refractivity contribution in [1.82, 2.24) is 0 Å². The van der Waals surface area contributed by atoms with E-state index in [4.69, 9.17) is 9.47 Å². The smallest absolute Gasteiger partial charge is 0.306 e. The van der Waals surface area contributed by atoms with Crippen molar-refractivity contribution in [2.45, 2.75) is 206 Å². The van der Waals surface area contributed by atoms with Gasteiger partial charge in [-0.1, -0.05) is 167 Å². The molecule has 0 spiro atoms. The Morgan fingerprint density at radius 1 is 0.532 bits per heavy atom. The number of aliphatic hydroxyl groups is 1. The van der Waals surface area contributed by atoms with Crippen LogP contribution in [0.15, 0.2) is 24.3 Å². The first-order valence-electron chi connectivity index (χ1n) is 19.8. The maximum Gasteiger partial charge on any atom is 0.306 e. The molecule has 0 aromatic rings. The highest BCUT2D eigenvalue weighted by molar-refractivity contribution is 5.89. The Kier molecular flexibility index (Phi) is 35.3. The third-order valence-electron chi connectivity index (χ3n) is 8.72. The molecule has 6 nitrogen and oxygen atoms in total. The minimum Gasteiger partial charge on any atom is -0.462 e. The molecule has 0 radical (unpaired) electrons. The highest BCUT2D eigenvalue weighted by Crippen LogP contribution is 2.15. The minimum atomic E-state index is -0.813. The van der Waals surface area contributed by atoms with Crippen molar-refractivity contribution >= 4 is 17.7 Å². The summed E-state index contributed by atoms with van der Waals surface area (Å²) in [4.78, 5) is 36.2. The number of ketones is 1. The summed E-state index contributed by atoms with van der Waals surface area (Å²) in [5.74, 6) is -0.521. The lowest BCUT2D eigenvalue weighted by Crippen LogP contribution is -2.28. The summed E-state index contributed by atoms with van der Waals surface area (Å²) in [7, 11) is 0. The first kappa shape index (κ1) is 45.0. The lowest BCUT2D eigenvalue weighted by atomic mass is 10.0. The molecular weight excluding hydrogens is 588 g/mol. The molecule has 0 aliphatic carbocycles. The second-order valence-electron chi connectivity index (χ2n) is 13.4. The van der Waals surface area contributed by atoms with Crippen molar-refractivity contribution in [2.75, 3.05) is 13.2 Å². The number of carbonyl (C=O) groups excluding carboxylic acids is 3. The molecule has 6 heteroatoms. The molecule has 0 aliphatic heterocycles. The van der Waals surface area contributed by atoms with E-state index in [1.807, 2.05) is 12.2 Å². The van der Waals surface area contributed by atoms with Crippen molar-refractivity contribution < 1.29 is 29.0 Å². The number of hydrogen-bond acceptors (Lipinski definition) is 6. The van der Waals surface area contributed by atoms with E-state index in [9.17, 15) is 19.5 Å². The van der Waals surface area contributed by atoms with E-state index in [-0.39, 0.29) is 37.4 Å². The summed E-state index contributed by atoms with van der Waals surface area (Å²) < 4.78 is 10.6.